The number of methoxy groups -OCH3 is 1. The molecule has 0 spiro atoms. The molecule has 1 heterocycles. The number of benzene rings is 1. The van der Waals surface area contributed by atoms with E-state index in [-0.39, 0.29) is 6.04 Å². The zero-order valence-corrected chi connectivity index (χ0v) is 14.3. The molecule has 21 heavy (non-hydrogen) atoms. The first-order valence-corrected chi connectivity index (χ1v) is 7.96. The fourth-order valence-electron chi connectivity index (χ4n) is 1.88. The first-order chi connectivity index (χ1) is 9.92. The average Bonchev–Trinajstić information content (AvgIpc) is 2.77. The fourth-order valence-corrected chi connectivity index (χ4v) is 3.70. The molecular formula is C14H12Cl3NO2S. The van der Waals surface area contributed by atoms with E-state index in [1.807, 2.05) is 6.92 Å². The van der Waals surface area contributed by atoms with E-state index in [0.717, 1.165) is 5.56 Å². The molecule has 0 fully saturated rings. The molecule has 3 nitrogen and oxygen atoms in total. The summed E-state index contributed by atoms with van der Waals surface area (Å²) < 4.78 is 5.99. The van der Waals surface area contributed by atoms with Crippen LogP contribution in [0.15, 0.2) is 24.3 Å². The van der Waals surface area contributed by atoms with Crippen molar-refractivity contribution in [2.45, 2.75) is 13.0 Å². The van der Waals surface area contributed by atoms with E-state index in [2.05, 4.69) is 5.32 Å². The van der Waals surface area contributed by atoms with Gasteiger partial charge in [0.05, 0.1) is 33.1 Å². The Morgan fingerprint density at radius 1 is 1.29 bits per heavy atom. The lowest BCUT2D eigenvalue weighted by atomic mass is 10.1. The SMILES string of the molecule is COC(=O)c1ccc(Cl)cc1NC(C)c1cc(Cl)sc1Cl. The number of hydrogen-bond acceptors (Lipinski definition) is 4. The minimum Gasteiger partial charge on any atom is -0.465 e. The normalized spacial score (nSPS) is 12.0. The number of carbonyl (C=O) groups excluding carboxylic acids is 1. The molecule has 1 aromatic heterocycles. The smallest absolute Gasteiger partial charge is 0.339 e. The molecule has 0 bridgehead atoms. The van der Waals surface area contributed by atoms with Gasteiger partial charge >= 0.3 is 5.97 Å². The molecule has 0 aliphatic carbocycles. The highest BCUT2D eigenvalue weighted by Gasteiger charge is 2.17. The van der Waals surface area contributed by atoms with Crippen LogP contribution >= 0.6 is 46.1 Å². The van der Waals surface area contributed by atoms with Gasteiger partial charge in [0, 0.05) is 10.6 Å². The summed E-state index contributed by atoms with van der Waals surface area (Å²) in [5, 5.41) is 3.74. The van der Waals surface area contributed by atoms with Gasteiger partial charge in [-0.25, -0.2) is 4.79 Å². The van der Waals surface area contributed by atoms with E-state index in [1.54, 1.807) is 24.3 Å². The molecule has 2 aromatic rings. The molecule has 0 amide bonds. The highest BCUT2D eigenvalue weighted by molar-refractivity contribution is 7.20. The number of nitrogens with one attached hydrogen (secondary N) is 1. The van der Waals surface area contributed by atoms with Gasteiger partial charge in [-0.1, -0.05) is 34.8 Å². The first-order valence-electron chi connectivity index (χ1n) is 6.01. The van der Waals surface area contributed by atoms with Crippen LogP contribution in [0.3, 0.4) is 0 Å². The van der Waals surface area contributed by atoms with Crippen molar-refractivity contribution in [3.05, 3.63) is 49.1 Å². The fraction of sp³-hybridized carbons (Fsp3) is 0.214. The van der Waals surface area contributed by atoms with Crippen LogP contribution in [0.5, 0.6) is 0 Å². The van der Waals surface area contributed by atoms with Gasteiger partial charge in [0.2, 0.25) is 0 Å². The van der Waals surface area contributed by atoms with Gasteiger partial charge in [-0.2, -0.15) is 0 Å². The van der Waals surface area contributed by atoms with Crippen molar-refractivity contribution in [1.82, 2.24) is 0 Å². The lowest BCUT2D eigenvalue weighted by molar-refractivity contribution is 0.0602. The van der Waals surface area contributed by atoms with Crippen LogP contribution in [0.25, 0.3) is 0 Å². The second kappa shape index (κ2) is 6.88. The molecule has 1 N–H and O–H groups in total. The Labute approximate surface area is 141 Å². The molecule has 2 rings (SSSR count). The molecule has 0 saturated carbocycles. The number of rotatable bonds is 4. The van der Waals surface area contributed by atoms with E-state index in [9.17, 15) is 4.79 Å². The molecule has 0 radical (unpaired) electrons. The Hall–Kier alpha value is -0.940. The van der Waals surface area contributed by atoms with Gasteiger partial charge in [0.15, 0.2) is 0 Å². The number of esters is 1. The monoisotopic (exact) mass is 363 g/mol. The van der Waals surface area contributed by atoms with Crippen molar-refractivity contribution >= 4 is 57.8 Å². The van der Waals surface area contributed by atoms with E-state index in [0.29, 0.717) is 24.9 Å². The number of ether oxygens (including phenoxy) is 1. The predicted octanol–water partition coefficient (Wildman–Crippen LogP) is 5.67. The highest BCUT2D eigenvalue weighted by atomic mass is 35.5. The lowest BCUT2D eigenvalue weighted by Gasteiger charge is -2.17. The predicted molar refractivity (Wildman–Crippen MR) is 89.2 cm³/mol. The van der Waals surface area contributed by atoms with Gasteiger partial charge in [-0.05, 0) is 31.2 Å². The van der Waals surface area contributed by atoms with Crippen LogP contribution in [-0.4, -0.2) is 13.1 Å². The summed E-state index contributed by atoms with van der Waals surface area (Å²) >= 11 is 19.4. The number of hydrogen-bond donors (Lipinski definition) is 1. The summed E-state index contributed by atoms with van der Waals surface area (Å²) in [5.74, 6) is -0.434. The molecule has 0 aliphatic heterocycles. The van der Waals surface area contributed by atoms with Crippen LogP contribution < -0.4 is 5.32 Å². The van der Waals surface area contributed by atoms with Crippen LogP contribution in [-0.2, 0) is 4.74 Å². The molecule has 0 saturated heterocycles. The summed E-state index contributed by atoms with van der Waals surface area (Å²) in [6.45, 7) is 1.92. The zero-order chi connectivity index (χ0) is 15.6. The number of halogens is 3. The van der Waals surface area contributed by atoms with E-state index < -0.39 is 5.97 Å². The van der Waals surface area contributed by atoms with Crippen molar-refractivity contribution in [3.63, 3.8) is 0 Å². The maximum Gasteiger partial charge on any atom is 0.339 e. The summed E-state index contributed by atoms with van der Waals surface area (Å²) in [7, 11) is 1.33. The standard InChI is InChI=1S/C14H12Cl3NO2S/c1-7(10-6-12(16)21-13(10)17)18-11-5-8(15)3-4-9(11)14(19)20-2/h3-7,18H,1-2H3. The number of thiophene rings is 1. The minimum atomic E-state index is -0.434. The summed E-state index contributed by atoms with van der Waals surface area (Å²) in [6.07, 6.45) is 0. The van der Waals surface area contributed by atoms with Crippen molar-refractivity contribution < 1.29 is 9.53 Å². The van der Waals surface area contributed by atoms with Gasteiger partial charge in [0.25, 0.3) is 0 Å². The third kappa shape index (κ3) is 3.83. The average molecular weight is 365 g/mol. The molecule has 112 valence electrons. The molecule has 1 unspecified atom stereocenters. The van der Waals surface area contributed by atoms with Crippen molar-refractivity contribution in [1.29, 1.82) is 0 Å². The second-order valence-corrected chi connectivity index (χ2v) is 7.05. The van der Waals surface area contributed by atoms with Gasteiger partial charge in [-0.15, -0.1) is 11.3 Å². The number of anilines is 1. The Bertz CT molecular complexity index is 672. The van der Waals surface area contributed by atoms with Gasteiger partial charge in [0.1, 0.15) is 0 Å². The quantitative estimate of drug-likeness (QED) is 0.710. The Balaban J connectivity index is 2.32. The Kier molecular flexibility index (Phi) is 5.38. The van der Waals surface area contributed by atoms with E-state index in [1.165, 1.54) is 18.4 Å². The van der Waals surface area contributed by atoms with Gasteiger partial charge < -0.3 is 10.1 Å². The zero-order valence-electron chi connectivity index (χ0n) is 11.2. The third-order valence-electron chi connectivity index (χ3n) is 2.91. The minimum absolute atomic E-state index is 0.136. The van der Waals surface area contributed by atoms with Gasteiger partial charge in [-0.3, -0.25) is 0 Å². The van der Waals surface area contributed by atoms with Crippen LogP contribution in [0.1, 0.15) is 28.9 Å². The highest BCUT2D eigenvalue weighted by Crippen LogP contribution is 2.36. The number of carbonyl (C=O) groups is 1. The molecular weight excluding hydrogens is 353 g/mol. The second-order valence-electron chi connectivity index (χ2n) is 4.33. The van der Waals surface area contributed by atoms with Crippen LogP contribution in [0.2, 0.25) is 13.7 Å². The van der Waals surface area contributed by atoms with Crippen molar-refractivity contribution in [2.24, 2.45) is 0 Å². The maximum absolute atomic E-state index is 11.8. The summed E-state index contributed by atoms with van der Waals surface area (Å²) in [4.78, 5) is 11.8. The molecule has 1 atom stereocenters. The molecule has 1 aromatic carbocycles. The summed E-state index contributed by atoms with van der Waals surface area (Å²) in [6, 6.07) is 6.59. The first kappa shape index (κ1) is 16.4. The maximum atomic E-state index is 11.8. The Morgan fingerprint density at radius 3 is 2.57 bits per heavy atom. The third-order valence-corrected chi connectivity index (χ3v) is 4.66. The van der Waals surface area contributed by atoms with E-state index in [4.69, 9.17) is 39.5 Å². The van der Waals surface area contributed by atoms with Crippen LogP contribution in [0, 0.1) is 0 Å². The summed E-state index contributed by atoms with van der Waals surface area (Å²) in [5.41, 5.74) is 1.86. The van der Waals surface area contributed by atoms with Crippen LogP contribution in [0.4, 0.5) is 5.69 Å². The van der Waals surface area contributed by atoms with E-state index >= 15 is 0 Å². The molecule has 7 heteroatoms. The van der Waals surface area contributed by atoms with Crippen molar-refractivity contribution in [2.75, 3.05) is 12.4 Å². The molecule has 0 aliphatic rings. The largest absolute Gasteiger partial charge is 0.465 e. The lowest BCUT2D eigenvalue weighted by Crippen LogP contribution is -2.11. The topological polar surface area (TPSA) is 38.3 Å². The Morgan fingerprint density at radius 2 is 2.00 bits per heavy atom. The van der Waals surface area contributed by atoms with Crippen molar-refractivity contribution in [3.8, 4) is 0 Å².